The summed E-state index contributed by atoms with van der Waals surface area (Å²) < 4.78 is 5.67. The highest BCUT2D eigenvalue weighted by Crippen LogP contribution is 2.14. The highest BCUT2D eigenvalue weighted by Gasteiger charge is 2.01. The minimum absolute atomic E-state index is 0.483. The van der Waals surface area contributed by atoms with E-state index in [1.807, 2.05) is 43.6 Å². The van der Waals surface area contributed by atoms with Crippen LogP contribution in [0.4, 0.5) is 0 Å². The maximum atomic E-state index is 5.82. The van der Waals surface area contributed by atoms with E-state index in [0.717, 1.165) is 24.1 Å². The van der Waals surface area contributed by atoms with Gasteiger partial charge in [0.25, 0.3) is 0 Å². The molecule has 3 nitrogen and oxygen atoms in total. The van der Waals surface area contributed by atoms with Crippen molar-refractivity contribution in [3.63, 3.8) is 0 Å². The molecule has 100 valence electrons. The van der Waals surface area contributed by atoms with Gasteiger partial charge in [-0.15, -0.1) is 11.6 Å². The molecule has 2 rings (SSSR count). The summed E-state index contributed by atoms with van der Waals surface area (Å²) in [6.45, 7) is 2.60. The van der Waals surface area contributed by atoms with Gasteiger partial charge in [-0.25, -0.2) is 4.98 Å². The molecule has 0 unspecified atom stereocenters. The third kappa shape index (κ3) is 4.52. The van der Waals surface area contributed by atoms with Crippen LogP contribution >= 0.6 is 11.6 Å². The van der Waals surface area contributed by atoms with E-state index >= 15 is 0 Å². The quantitative estimate of drug-likeness (QED) is 0.598. The van der Waals surface area contributed by atoms with Crippen molar-refractivity contribution in [1.29, 1.82) is 0 Å². The smallest absolute Gasteiger partial charge is 0.213 e. The highest BCUT2D eigenvalue weighted by atomic mass is 35.5. The number of hydrogen-bond acceptors (Lipinski definition) is 3. The molecule has 0 aliphatic rings. The first kappa shape index (κ1) is 13.8. The summed E-state index contributed by atoms with van der Waals surface area (Å²) in [6, 6.07) is 7.91. The van der Waals surface area contributed by atoms with Gasteiger partial charge in [0.05, 0.1) is 6.61 Å². The van der Waals surface area contributed by atoms with Crippen LogP contribution in [0.1, 0.15) is 23.2 Å². The Labute approximate surface area is 118 Å². The van der Waals surface area contributed by atoms with Crippen molar-refractivity contribution in [2.24, 2.45) is 0 Å². The molecule has 0 atom stereocenters. The fourth-order valence-electron chi connectivity index (χ4n) is 1.86. The number of hydrogen-bond donors (Lipinski definition) is 0. The first-order valence-electron chi connectivity index (χ1n) is 6.33. The summed E-state index contributed by atoms with van der Waals surface area (Å²) in [5.41, 5.74) is 3.25. The SMILES string of the molecule is Cc1cc(CCl)cc(OCCCc2ccncc2)n1. The van der Waals surface area contributed by atoms with Crippen molar-refractivity contribution >= 4 is 11.6 Å². The van der Waals surface area contributed by atoms with Crippen molar-refractivity contribution < 1.29 is 4.74 Å². The Morgan fingerprint density at radius 2 is 1.95 bits per heavy atom. The van der Waals surface area contributed by atoms with Gasteiger partial charge in [0.1, 0.15) is 0 Å². The summed E-state index contributed by atoms with van der Waals surface area (Å²) in [5, 5.41) is 0. The lowest BCUT2D eigenvalue weighted by molar-refractivity contribution is 0.298. The van der Waals surface area contributed by atoms with Gasteiger partial charge in [-0.2, -0.15) is 0 Å². The van der Waals surface area contributed by atoms with Crippen molar-refractivity contribution in [3.8, 4) is 5.88 Å². The Kier molecular flexibility index (Phi) is 5.16. The van der Waals surface area contributed by atoms with E-state index in [4.69, 9.17) is 16.3 Å². The monoisotopic (exact) mass is 276 g/mol. The number of alkyl halides is 1. The molecule has 0 spiro atoms. The second-order valence-corrected chi connectivity index (χ2v) is 4.66. The van der Waals surface area contributed by atoms with Crippen LogP contribution in [0.15, 0.2) is 36.7 Å². The van der Waals surface area contributed by atoms with Crippen LogP contribution in [0.5, 0.6) is 5.88 Å². The molecule has 19 heavy (non-hydrogen) atoms. The van der Waals surface area contributed by atoms with Crippen LogP contribution < -0.4 is 4.74 Å². The van der Waals surface area contributed by atoms with Gasteiger partial charge in [0.15, 0.2) is 0 Å². The maximum Gasteiger partial charge on any atom is 0.213 e. The zero-order chi connectivity index (χ0) is 13.5. The van der Waals surface area contributed by atoms with Gasteiger partial charge in [-0.1, -0.05) is 0 Å². The average molecular weight is 277 g/mol. The van der Waals surface area contributed by atoms with E-state index in [0.29, 0.717) is 18.4 Å². The minimum Gasteiger partial charge on any atom is -0.478 e. The fourth-order valence-corrected chi connectivity index (χ4v) is 2.01. The van der Waals surface area contributed by atoms with Gasteiger partial charge in [0, 0.05) is 30.0 Å². The largest absolute Gasteiger partial charge is 0.478 e. The Morgan fingerprint density at radius 3 is 2.68 bits per heavy atom. The number of rotatable bonds is 6. The second kappa shape index (κ2) is 7.10. The van der Waals surface area contributed by atoms with Crippen LogP contribution in [0, 0.1) is 6.92 Å². The molecule has 0 aliphatic carbocycles. The number of pyridine rings is 2. The number of nitrogens with zero attached hydrogens (tertiary/aromatic N) is 2. The minimum atomic E-state index is 0.483. The summed E-state index contributed by atoms with van der Waals surface area (Å²) in [5.74, 6) is 1.14. The molecule has 0 bridgehead atoms. The van der Waals surface area contributed by atoms with Crippen molar-refractivity contribution in [2.75, 3.05) is 6.61 Å². The van der Waals surface area contributed by atoms with Gasteiger partial charge < -0.3 is 4.74 Å². The average Bonchev–Trinajstić information content (AvgIpc) is 2.44. The summed E-state index contributed by atoms with van der Waals surface area (Å²) in [4.78, 5) is 8.33. The van der Waals surface area contributed by atoms with E-state index in [-0.39, 0.29) is 0 Å². The lowest BCUT2D eigenvalue weighted by Gasteiger charge is -2.07. The molecule has 0 amide bonds. The fraction of sp³-hybridized carbons (Fsp3) is 0.333. The molecule has 2 aromatic rings. The molecule has 0 saturated heterocycles. The highest BCUT2D eigenvalue weighted by molar-refractivity contribution is 6.17. The van der Waals surface area contributed by atoms with E-state index in [2.05, 4.69) is 9.97 Å². The molecule has 0 radical (unpaired) electrons. The van der Waals surface area contributed by atoms with E-state index in [9.17, 15) is 0 Å². The van der Waals surface area contributed by atoms with Crippen LogP contribution in [0.2, 0.25) is 0 Å². The van der Waals surface area contributed by atoms with Crippen LogP contribution in [0.25, 0.3) is 0 Å². The van der Waals surface area contributed by atoms with E-state index in [1.165, 1.54) is 5.56 Å². The first-order valence-corrected chi connectivity index (χ1v) is 6.86. The summed E-state index contributed by atoms with van der Waals surface area (Å²) in [6.07, 6.45) is 5.56. The number of aryl methyl sites for hydroxylation is 2. The Balaban J connectivity index is 1.81. The lowest BCUT2D eigenvalue weighted by Crippen LogP contribution is -2.02. The zero-order valence-electron chi connectivity index (χ0n) is 11.0. The Bertz CT molecular complexity index is 517. The predicted molar refractivity (Wildman–Crippen MR) is 76.6 cm³/mol. The summed E-state index contributed by atoms with van der Waals surface area (Å²) >= 11 is 5.82. The number of aromatic nitrogens is 2. The van der Waals surface area contributed by atoms with Crippen molar-refractivity contribution in [1.82, 2.24) is 9.97 Å². The van der Waals surface area contributed by atoms with Crippen LogP contribution in [-0.4, -0.2) is 16.6 Å². The number of ether oxygens (including phenoxy) is 1. The predicted octanol–water partition coefficient (Wildman–Crippen LogP) is 3.54. The van der Waals surface area contributed by atoms with Gasteiger partial charge in [-0.3, -0.25) is 4.98 Å². The topological polar surface area (TPSA) is 35.0 Å². The van der Waals surface area contributed by atoms with Gasteiger partial charge in [-0.05, 0) is 49.1 Å². The van der Waals surface area contributed by atoms with E-state index in [1.54, 1.807) is 0 Å². The van der Waals surface area contributed by atoms with Crippen LogP contribution in [0.3, 0.4) is 0 Å². The standard InChI is InChI=1S/C15H17ClN2O/c1-12-9-14(11-16)10-15(18-12)19-8-2-3-13-4-6-17-7-5-13/h4-7,9-10H,2-3,8,11H2,1H3. The molecular formula is C15H17ClN2O. The normalized spacial score (nSPS) is 10.4. The zero-order valence-corrected chi connectivity index (χ0v) is 11.7. The van der Waals surface area contributed by atoms with Gasteiger partial charge >= 0.3 is 0 Å². The molecule has 4 heteroatoms. The van der Waals surface area contributed by atoms with E-state index < -0.39 is 0 Å². The second-order valence-electron chi connectivity index (χ2n) is 4.40. The van der Waals surface area contributed by atoms with Crippen molar-refractivity contribution in [3.05, 3.63) is 53.5 Å². The first-order chi connectivity index (χ1) is 9.28. The summed E-state index contributed by atoms with van der Waals surface area (Å²) in [7, 11) is 0. The molecule has 0 fully saturated rings. The molecule has 0 aromatic carbocycles. The molecule has 0 N–H and O–H groups in total. The molecular weight excluding hydrogens is 260 g/mol. The third-order valence-corrected chi connectivity index (χ3v) is 3.06. The molecule has 2 heterocycles. The maximum absolute atomic E-state index is 5.82. The van der Waals surface area contributed by atoms with Crippen LogP contribution in [-0.2, 0) is 12.3 Å². The Morgan fingerprint density at radius 1 is 1.16 bits per heavy atom. The molecule has 0 aliphatic heterocycles. The van der Waals surface area contributed by atoms with Crippen molar-refractivity contribution in [2.45, 2.75) is 25.6 Å². The van der Waals surface area contributed by atoms with Gasteiger partial charge in [0.2, 0.25) is 5.88 Å². The molecule has 2 aromatic heterocycles. The number of halogens is 1. The third-order valence-electron chi connectivity index (χ3n) is 2.75. The Hall–Kier alpha value is -1.61. The molecule has 0 saturated carbocycles. The lowest BCUT2D eigenvalue weighted by atomic mass is 10.1.